The summed E-state index contributed by atoms with van der Waals surface area (Å²) in [6.45, 7) is 9.99. The quantitative estimate of drug-likeness (QED) is 0.604. The van der Waals surface area contributed by atoms with Crippen molar-refractivity contribution in [3.63, 3.8) is 0 Å². The Hall–Kier alpha value is -0.0800. The van der Waals surface area contributed by atoms with Crippen LogP contribution in [0.2, 0.25) is 0 Å². The first kappa shape index (κ1) is 8.52. The molecule has 0 spiro atoms. The predicted octanol–water partition coefficient (Wildman–Crippen LogP) is 0.888. The van der Waals surface area contributed by atoms with E-state index in [4.69, 9.17) is 0 Å². The normalized spacial score (nSPS) is 29.0. The van der Waals surface area contributed by atoms with E-state index in [1.54, 1.807) is 0 Å². The fourth-order valence-corrected chi connectivity index (χ4v) is 2.31. The van der Waals surface area contributed by atoms with Crippen molar-refractivity contribution in [2.24, 2.45) is 11.8 Å². The summed E-state index contributed by atoms with van der Waals surface area (Å²) in [5.74, 6) is 2.04. The molecule has 2 saturated heterocycles. The van der Waals surface area contributed by atoms with Crippen molar-refractivity contribution in [3.05, 3.63) is 0 Å². The van der Waals surface area contributed by atoms with E-state index in [1.165, 1.54) is 26.2 Å². The monoisotopic (exact) mass is 168 g/mol. The zero-order valence-corrected chi connectivity index (χ0v) is 8.45. The molecule has 2 aliphatic rings. The van der Waals surface area contributed by atoms with Gasteiger partial charge in [-0.05, 0) is 32.7 Å². The van der Waals surface area contributed by atoms with Gasteiger partial charge in [0.15, 0.2) is 0 Å². The maximum absolute atomic E-state index is 2.57. The number of nitrogens with zero attached hydrogens (tertiary/aromatic N) is 2. The molecule has 0 aliphatic carbocycles. The van der Waals surface area contributed by atoms with Gasteiger partial charge in [0.1, 0.15) is 0 Å². The Balaban J connectivity index is 1.68. The van der Waals surface area contributed by atoms with Crippen LogP contribution in [-0.2, 0) is 0 Å². The first-order valence-electron chi connectivity index (χ1n) is 5.09. The van der Waals surface area contributed by atoms with Gasteiger partial charge in [-0.25, -0.2) is 0 Å². The Bertz CT molecular complexity index is 155. The van der Waals surface area contributed by atoms with Crippen LogP contribution in [0.15, 0.2) is 0 Å². The van der Waals surface area contributed by atoms with Gasteiger partial charge in [-0.2, -0.15) is 0 Å². The minimum atomic E-state index is 0.763. The Morgan fingerprint density at radius 3 is 1.92 bits per heavy atom. The molecule has 0 amide bonds. The molecule has 2 rings (SSSR count). The van der Waals surface area contributed by atoms with Crippen LogP contribution in [0.4, 0.5) is 0 Å². The molecule has 12 heavy (non-hydrogen) atoms. The van der Waals surface area contributed by atoms with Crippen molar-refractivity contribution >= 4 is 0 Å². The molecule has 0 N–H and O–H groups in total. The average molecular weight is 168 g/mol. The van der Waals surface area contributed by atoms with Crippen LogP contribution >= 0.6 is 0 Å². The van der Waals surface area contributed by atoms with Crippen LogP contribution < -0.4 is 0 Å². The Morgan fingerprint density at radius 2 is 1.50 bits per heavy atom. The van der Waals surface area contributed by atoms with E-state index < -0.39 is 0 Å². The lowest BCUT2D eigenvalue weighted by Gasteiger charge is -2.51. The van der Waals surface area contributed by atoms with Crippen molar-refractivity contribution in [1.29, 1.82) is 0 Å². The van der Waals surface area contributed by atoms with Gasteiger partial charge in [0, 0.05) is 32.2 Å². The molecule has 2 fully saturated rings. The minimum Gasteiger partial charge on any atom is -0.306 e. The molecule has 2 heterocycles. The summed E-state index contributed by atoms with van der Waals surface area (Å²) < 4.78 is 0. The zero-order chi connectivity index (χ0) is 8.72. The van der Waals surface area contributed by atoms with Gasteiger partial charge in [0.05, 0.1) is 0 Å². The van der Waals surface area contributed by atoms with E-state index in [-0.39, 0.29) is 0 Å². The molecule has 0 aromatic carbocycles. The molecular formula is C10H20N2. The predicted molar refractivity (Wildman–Crippen MR) is 51.2 cm³/mol. The van der Waals surface area contributed by atoms with Crippen molar-refractivity contribution < 1.29 is 0 Å². The van der Waals surface area contributed by atoms with Crippen LogP contribution in [0.25, 0.3) is 0 Å². The highest BCUT2D eigenvalue weighted by molar-refractivity contribution is 4.92. The van der Waals surface area contributed by atoms with Gasteiger partial charge in [0.25, 0.3) is 0 Å². The lowest BCUT2D eigenvalue weighted by molar-refractivity contribution is -0.0246. The first-order chi connectivity index (χ1) is 5.66. The highest BCUT2D eigenvalue weighted by Crippen LogP contribution is 2.30. The molecule has 2 heteroatoms. The number of hydrogen-bond donors (Lipinski definition) is 0. The van der Waals surface area contributed by atoms with E-state index in [0.717, 1.165) is 17.9 Å². The third-order valence-corrected chi connectivity index (χ3v) is 3.43. The summed E-state index contributed by atoms with van der Waals surface area (Å²) in [6.07, 6.45) is 0. The van der Waals surface area contributed by atoms with Gasteiger partial charge in [-0.3, -0.25) is 0 Å². The summed E-state index contributed by atoms with van der Waals surface area (Å²) in [6, 6.07) is 0.763. The summed E-state index contributed by atoms with van der Waals surface area (Å²) in [5, 5.41) is 0. The standard InChI is InChI=1S/C10H20N2/c1-8(2)12-6-10(7-12)9-4-11(3)5-9/h8-10H,4-7H2,1-3H3. The van der Waals surface area contributed by atoms with E-state index in [1.807, 2.05) is 0 Å². The highest BCUT2D eigenvalue weighted by atomic mass is 15.2. The molecule has 2 aliphatic heterocycles. The van der Waals surface area contributed by atoms with Crippen LogP contribution in [0.1, 0.15) is 13.8 Å². The average Bonchev–Trinajstić information content (AvgIpc) is 1.79. The largest absolute Gasteiger partial charge is 0.306 e. The Kier molecular flexibility index (Phi) is 2.13. The van der Waals surface area contributed by atoms with E-state index >= 15 is 0 Å². The van der Waals surface area contributed by atoms with Gasteiger partial charge in [-0.1, -0.05) is 0 Å². The SMILES string of the molecule is CC(C)N1CC(C2CN(C)C2)C1. The second-order valence-corrected chi connectivity index (χ2v) is 4.79. The van der Waals surface area contributed by atoms with E-state index in [2.05, 4.69) is 30.7 Å². The molecule has 0 aromatic heterocycles. The van der Waals surface area contributed by atoms with Crippen LogP contribution in [0.3, 0.4) is 0 Å². The first-order valence-corrected chi connectivity index (χ1v) is 5.09. The van der Waals surface area contributed by atoms with E-state index in [0.29, 0.717) is 0 Å². The maximum Gasteiger partial charge on any atom is 0.00388 e. The molecule has 0 bridgehead atoms. The molecular weight excluding hydrogens is 148 g/mol. The third kappa shape index (κ3) is 1.38. The summed E-state index contributed by atoms with van der Waals surface area (Å²) in [5.41, 5.74) is 0. The smallest absolute Gasteiger partial charge is 0.00388 e. The number of likely N-dealkylation sites (tertiary alicyclic amines) is 2. The summed E-state index contributed by atoms with van der Waals surface area (Å²) in [4.78, 5) is 4.99. The van der Waals surface area contributed by atoms with Crippen LogP contribution in [-0.4, -0.2) is 49.1 Å². The number of rotatable bonds is 2. The van der Waals surface area contributed by atoms with Gasteiger partial charge < -0.3 is 9.80 Å². The molecule has 0 radical (unpaired) electrons. The van der Waals surface area contributed by atoms with Crippen molar-refractivity contribution in [2.45, 2.75) is 19.9 Å². The molecule has 70 valence electrons. The van der Waals surface area contributed by atoms with Crippen molar-refractivity contribution in [3.8, 4) is 0 Å². The minimum absolute atomic E-state index is 0.763. The van der Waals surface area contributed by atoms with E-state index in [9.17, 15) is 0 Å². The van der Waals surface area contributed by atoms with Crippen molar-refractivity contribution in [2.75, 3.05) is 33.2 Å². The molecule has 2 nitrogen and oxygen atoms in total. The lowest BCUT2D eigenvalue weighted by Crippen LogP contribution is -2.59. The molecule has 0 atom stereocenters. The fourth-order valence-electron chi connectivity index (χ4n) is 2.31. The van der Waals surface area contributed by atoms with Crippen molar-refractivity contribution in [1.82, 2.24) is 9.80 Å². The summed E-state index contributed by atoms with van der Waals surface area (Å²) in [7, 11) is 2.22. The van der Waals surface area contributed by atoms with Gasteiger partial charge in [0.2, 0.25) is 0 Å². The topological polar surface area (TPSA) is 6.48 Å². The van der Waals surface area contributed by atoms with Gasteiger partial charge >= 0.3 is 0 Å². The second-order valence-electron chi connectivity index (χ2n) is 4.79. The molecule has 0 unspecified atom stereocenters. The Morgan fingerprint density at radius 1 is 1.00 bits per heavy atom. The lowest BCUT2D eigenvalue weighted by atomic mass is 9.80. The maximum atomic E-state index is 2.57. The second kappa shape index (κ2) is 3.00. The molecule has 0 saturated carbocycles. The number of hydrogen-bond acceptors (Lipinski definition) is 2. The van der Waals surface area contributed by atoms with Gasteiger partial charge in [-0.15, -0.1) is 0 Å². The molecule has 0 aromatic rings. The Labute approximate surface area is 75.5 Å². The zero-order valence-electron chi connectivity index (χ0n) is 8.45. The fraction of sp³-hybridized carbons (Fsp3) is 1.00. The van der Waals surface area contributed by atoms with Crippen LogP contribution in [0.5, 0.6) is 0 Å². The highest BCUT2D eigenvalue weighted by Gasteiger charge is 2.39. The van der Waals surface area contributed by atoms with Crippen LogP contribution in [0, 0.1) is 11.8 Å². The third-order valence-electron chi connectivity index (χ3n) is 3.43. The summed E-state index contributed by atoms with van der Waals surface area (Å²) >= 11 is 0.